The van der Waals surface area contributed by atoms with Crippen LogP contribution in [-0.2, 0) is 10.0 Å². The Bertz CT molecular complexity index is 242. The molecule has 1 saturated heterocycles. The highest BCUT2D eigenvalue weighted by molar-refractivity contribution is 7.89. The van der Waals surface area contributed by atoms with Gasteiger partial charge in [-0.3, -0.25) is 4.90 Å². The Balaban J connectivity index is 2.13. The van der Waals surface area contributed by atoms with Crippen LogP contribution in [0.2, 0.25) is 0 Å². The molecule has 0 spiro atoms. The molecule has 2 unspecified atom stereocenters. The Morgan fingerprint density at radius 1 is 1.33 bits per heavy atom. The normalized spacial score (nSPS) is 35.1. The number of nitrogens with two attached hydrogens (primary N) is 1. The molecule has 1 heterocycles. The van der Waals surface area contributed by atoms with Gasteiger partial charge in [0, 0.05) is 12.1 Å². The Morgan fingerprint density at radius 3 is 2.17 bits per heavy atom. The van der Waals surface area contributed by atoms with E-state index in [-0.39, 0.29) is 5.75 Å². The third kappa shape index (κ3) is 2.73. The number of sulfonamides is 1. The van der Waals surface area contributed by atoms with Gasteiger partial charge in [0.05, 0.1) is 5.75 Å². The highest BCUT2D eigenvalue weighted by Crippen LogP contribution is 2.26. The van der Waals surface area contributed by atoms with Crippen LogP contribution in [0.3, 0.4) is 0 Å². The summed E-state index contributed by atoms with van der Waals surface area (Å²) >= 11 is 0. The lowest BCUT2D eigenvalue weighted by molar-refractivity contribution is 0.487. The summed E-state index contributed by atoms with van der Waals surface area (Å²) in [6.45, 7) is 5.13. The minimum atomic E-state index is -3.25. The van der Waals surface area contributed by atoms with Crippen LogP contribution in [-0.4, -0.2) is 37.7 Å². The van der Waals surface area contributed by atoms with Gasteiger partial charge >= 0.3 is 0 Å². The Labute approximate surface area is 73.8 Å². The maximum Gasteiger partial charge on any atom is 0.209 e. The van der Waals surface area contributed by atoms with Gasteiger partial charge in [0.25, 0.3) is 0 Å². The first-order chi connectivity index (χ1) is 5.42. The summed E-state index contributed by atoms with van der Waals surface area (Å²) in [5, 5.41) is 4.87. The number of rotatable bonds is 4. The van der Waals surface area contributed by atoms with Gasteiger partial charge in [-0.2, -0.15) is 0 Å². The summed E-state index contributed by atoms with van der Waals surface area (Å²) in [4.78, 5) is 2.26. The first kappa shape index (κ1) is 9.95. The zero-order chi connectivity index (χ0) is 9.35. The number of primary sulfonamides is 1. The molecule has 0 bridgehead atoms. The lowest BCUT2D eigenvalue weighted by Gasteiger charge is -2.00. The predicted octanol–water partition coefficient (Wildman–Crippen LogP) is -0.242. The van der Waals surface area contributed by atoms with E-state index in [4.69, 9.17) is 5.14 Å². The van der Waals surface area contributed by atoms with E-state index in [0.717, 1.165) is 6.54 Å². The second-order valence-corrected chi connectivity index (χ2v) is 5.17. The number of hydrogen-bond acceptors (Lipinski definition) is 3. The smallest absolute Gasteiger partial charge is 0.209 e. The molecule has 72 valence electrons. The molecule has 12 heavy (non-hydrogen) atoms. The van der Waals surface area contributed by atoms with Gasteiger partial charge in [-0.25, -0.2) is 13.6 Å². The molecule has 0 aromatic carbocycles. The zero-order valence-corrected chi connectivity index (χ0v) is 8.34. The fourth-order valence-corrected chi connectivity index (χ4v) is 1.97. The van der Waals surface area contributed by atoms with E-state index in [2.05, 4.69) is 18.7 Å². The van der Waals surface area contributed by atoms with Gasteiger partial charge < -0.3 is 0 Å². The molecule has 1 aliphatic rings. The SMILES string of the molecule is CC1C(C)N1CCCS(N)(=O)=O. The van der Waals surface area contributed by atoms with E-state index in [1.54, 1.807) is 0 Å². The molecular formula is C7H16N2O2S. The maximum atomic E-state index is 10.6. The van der Waals surface area contributed by atoms with Crippen molar-refractivity contribution in [3.8, 4) is 0 Å². The average Bonchev–Trinajstić information content (AvgIpc) is 2.42. The Morgan fingerprint density at radius 2 is 1.83 bits per heavy atom. The van der Waals surface area contributed by atoms with Crippen molar-refractivity contribution in [2.24, 2.45) is 5.14 Å². The third-order valence-electron chi connectivity index (χ3n) is 2.50. The van der Waals surface area contributed by atoms with Crippen LogP contribution < -0.4 is 5.14 Å². The third-order valence-corrected chi connectivity index (χ3v) is 3.36. The van der Waals surface area contributed by atoms with E-state index in [1.807, 2.05) is 0 Å². The molecule has 0 radical (unpaired) electrons. The first-order valence-electron chi connectivity index (χ1n) is 4.18. The summed E-state index contributed by atoms with van der Waals surface area (Å²) in [5.74, 6) is 0.100. The quantitative estimate of drug-likeness (QED) is 0.625. The van der Waals surface area contributed by atoms with E-state index in [0.29, 0.717) is 18.5 Å². The summed E-state index contributed by atoms with van der Waals surface area (Å²) in [6.07, 6.45) is 0.646. The molecule has 1 aliphatic heterocycles. The minimum absolute atomic E-state index is 0.100. The van der Waals surface area contributed by atoms with Gasteiger partial charge in [0.1, 0.15) is 0 Å². The summed E-state index contributed by atoms with van der Waals surface area (Å²) < 4.78 is 21.1. The Kier molecular flexibility index (Phi) is 2.75. The molecule has 2 N–H and O–H groups in total. The summed E-state index contributed by atoms with van der Waals surface area (Å²) in [5.41, 5.74) is 0. The van der Waals surface area contributed by atoms with Crippen molar-refractivity contribution in [3.63, 3.8) is 0 Å². The zero-order valence-electron chi connectivity index (χ0n) is 7.53. The van der Waals surface area contributed by atoms with Gasteiger partial charge in [0.2, 0.25) is 10.0 Å². The number of hydrogen-bond donors (Lipinski definition) is 1. The Hall–Kier alpha value is -0.130. The van der Waals surface area contributed by atoms with Crippen molar-refractivity contribution in [1.82, 2.24) is 4.90 Å². The molecule has 0 saturated carbocycles. The van der Waals surface area contributed by atoms with Crippen LogP contribution in [0.4, 0.5) is 0 Å². The van der Waals surface area contributed by atoms with Gasteiger partial charge in [-0.1, -0.05) is 0 Å². The van der Waals surface area contributed by atoms with Crippen LogP contribution in [0.1, 0.15) is 20.3 Å². The standard InChI is InChI=1S/C7H16N2O2S/c1-6-7(2)9(6)4-3-5-12(8,10)11/h6-7H,3-5H2,1-2H3,(H2,8,10,11). The van der Waals surface area contributed by atoms with E-state index in [1.165, 1.54) is 0 Å². The molecule has 0 aromatic heterocycles. The topological polar surface area (TPSA) is 63.2 Å². The van der Waals surface area contributed by atoms with E-state index < -0.39 is 10.0 Å². The molecule has 0 aliphatic carbocycles. The first-order valence-corrected chi connectivity index (χ1v) is 5.89. The van der Waals surface area contributed by atoms with Crippen molar-refractivity contribution < 1.29 is 8.42 Å². The molecule has 1 rings (SSSR count). The van der Waals surface area contributed by atoms with Gasteiger partial charge in [-0.05, 0) is 26.8 Å². The van der Waals surface area contributed by atoms with Crippen molar-refractivity contribution in [2.45, 2.75) is 32.4 Å². The van der Waals surface area contributed by atoms with Crippen LogP contribution >= 0.6 is 0 Å². The van der Waals surface area contributed by atoms with Crippen LogP contribution in [0.15, 0.2) is 0 Å². The van der Waals surface area contributed by atoms with Crippen molar-refractivity contribution in [1.29, 1.82) is 0 Å². The molecule has 1 fully saturated rings. The van der Waals surface area contributed by atoms with Gasteiger partial charge in [0.15, 0.2) is 0 Å². The fourth-order valence-electron chi connectivity index (χ4n) is 1.43. The molecule has 2 atom stereocenters. The molecule has 0 aromatic rings. The van der Waals surface area contributed by atoms with Crippen molar-refractivity contribution in [3.05, 3.63) is 0 Å². The lowest BCUT2D eigenvalue weighted by atomic mass is 10.4. The maximum absolute atomic E-state index is 10.6. The molecule has 0 amide bonds. The molecule has 5 heteroatoms. The lowest BCUT2D eigenvalue weighted by Crippen LogP contribution is -2.19. The number of nitrogens with zero attached hydrogens (tertiary/aromatic N) is 1. The summed E-state index contributed by atoms with van der Waals surface area (Å²) in [7, 11) is -3.25. The fraction of sp³-hybridized carbons (Fsp3) is 1.00. The highest BCUT2D eigenvalue weighted by Gasteiger charge is 2.38. The second-order valence-electron chi connectivity index (χ2n) is 3.44. The monoisotopic (exact) mass is 192 g/mol. The van der Waals surface area contributed by atoms with Crippen LogP contribution in [0.5, 0.6) is 0 Å². The highest BCUT2D eigenvalue weighted by atomic mass is 32.2. The van der Waals surface area contributed by atoms with E-state index in [9.17, 15) is 8.42 Å². The van der Waals surface area contributed by atoms with Crippen LogP contribution in [0.25, 0.3) is 0 Å². The molecular weight excluding hydrogens is 176 g/mol. The van der Waals surface area contributed by atoms with Gasteiger partial charge in [-0.15, -0.1) is 0 Å². The predicted molar refractivity (Wildman–Crippen MR) is 48.2 cm³/mol. The molecule has 4 nitrogen and oxygen atoms in total. The summed E-state index contributed by atoms with van der Waals surface area (Å²) in [6, 6.07) is 1.23. The van der Waals surface area contributed by atoms with Crippen LogP contribution in [0, 0.1) is 0 Å². The average molecular weight is 192 g/mol. The minimum Gasteiger partial charge on any atom is -0.295 e. The van der Waals surface area contributed by atoms with E-state index >= 15 is 0 Å². The van der Waals surface area contributed by atoms with Crippen molar-refractivity contribution >= 4 is 10.0 Å². The van der Waals surface area contributed by atoms with Crippen molar-refractivity contribution in [2.75, 3.05) is 12.3 Å². The largest absolute Gasteiger partial charge is 0.295 e. The second kappa shape index (κ2) is 3.32.